The minimum absolute atomic E-state index is 1.02. The third kappa shape index (κ3) is 5.45. The van der Waals surface area contributed by atoms with Gasteiger partial charge in [0.1, 0.15) is 0 Å². The van der Waals surface area contributed by atoms with Crippen molar-refractivity contribution in [1.82, 2.24) is 0 Å². The van der Waals surface area contributed by atoms with Crippen LogP contribution in [0.25, 0.3) is 0 Å². The molecule has 0 amide bonds. The number of hydrogen-bond donors (Lipinski definition) is 0. The molecule has 0 saturated carbocycles. The van der Waals surface area contributed by atoms with Crippen LogP contribution in [-0.4, -0.2) is 38.6 Å². The Kier molecular flexibility index (Phi) is 7.87. The molecule has 0 aliphatic rings. The highest BCUT2D eigenvalue weighted by molar-refractivity contribution is 5.83. The second kappa shape index (κ2) is 10.4. The lowest BCUT2D eigenvalue weighted by Gasteiger charge is -2.20. The minimum atomic E-state index is 1.02. The lowest BCUT2D eigenvalue weighted by molar-refractivity contribution is 0.866. The monoisotopic (exact) mass is 350 g/mol. The Morgan fingerprint density at radius 1 is 0.577 bits per heavy atom. The van der Waals surface area contributed by atoms with E-state index in [1.165, 1.54) is 11.4 Å². The van der Waals surface area contributed by atoms with Gasteiger partial charge in [-0.15, -0.1) is 0 Å². The zero-order valence-corrected chi connectivity index (χ0v) is 16.4. The zero-order chi connectivity index (χ0) is 18.8. The first kappa shape index (κ1) is 19.7. The van der Waals surface area contributed by atoms with E-state index < -0.39 is 0 Å². The van der Waals surface area contributed by atoms with Crippen LogP contribution in [0.3, 0.4) is 0 Å². The highest BCUT2D eigenvalue weighted by Crippen LogP contribution is 2.15. The van der Waals surface area contributed by atoms with E-state index in [2.05, 4.69) is 96.2 Å². The van der Waals surface area contributed by atoms with E-state index in [4.69, 9.17) is 0 Å². The van der Waals surface area contributed by atoms with Crippen molar-refractivity contribution in [3.63, 3.8) is 0 Å². The van der Waals surface area contributed by atoms with Gasteiger partial charge in [0.15, 0.2) is 0 Å². The molecule has 0 aromatic heterocycles. The maximum Gasteiger partial charge on any atom is 0.0568 e. The number of anilines is 2. The van der Waals surface area contributed by atoms with Crippen LogP contribution >= 0.6 is 0 Å². The summed E-state index contributed by atoms with van der Waals surface area (Å²) in [6, 6.07) is 16.8. The van der Waals surface area contributed by atoms with E-state index >= 15 is 0 Å². The summed E-state index contributed by atoms with van der Waals surface area (Å²) in [6.45, 7) is 12.7. The first-order valence-corrected chi connectivity index (χ1v) is 9.48. The molecule has 0 aliphatic heterocycles. The largest absolute Gasteiger partial charge is 0.372 e. The van der Waals surface area contributed by atoms with Gasteiger partial charge < -0.3 is 9.80 Å². The Labute approximate surface area is 157 Å². The Morgan fingerprint density at radius 2 is 0.885 bits per heavy atom. The Morgan fingerprint density at radius 3 is 1.15 bits per heavy atom. The van der Waals surface area contributed by atoms with Crippen LogP contribution in [0, 0.1) is 0 Å². The molecule has 0 radical (unpaired) electrons. The molecule has 2 aromatic carbocycles. The quantitative estimate of drug-likeness (QED) is 0.479. The van der Waals surface area contributed by atoms with Gasteiger partial charge in [-0.2, -0.15) is 10.2 Å². The fourth-order valence-corrected chi connectivity index (χ4v) is 2.92. The van der Waals surface area contributed by atoms with E-state index in [9.17, 15) is 0 Å². The van der Waals surface area contributed by atoms with Crippen molar-refractivity contribution < 1.29 is 0 Å². The third-order valence-corrected chi connectivity index (χ3v) is 4.52. The molecule has 26 heavy (non-hydrogen) atoms. The van der Waals surface area contributed by atoms with Crippen LogP contribution in [0.5, 0.6) is 0 Å². The molecule has 2 rings (SSSR count). The number of benzene rings is 2. The summed E-state index contributed by atoms with van der Waals surface area (Å²) >= 11 is 0. The minimum Gasteiger partial charge on any atom is -0.372 e. The first-order chi connectivity index (χ1) is 12.7. The third-order valence-electron chi connectivity index (χ3n) is 4.52. The van der Waals surface area contributed by atoms with Crippen LogP contribution in [0.15, 0.2) is 58.7 Å². The van der Waals surface area contributed by atoms with Gasteiger partial charge >= 0.3 is 0 Å². The molecule has 0 fully saturated rings. The molecule has 0 spiro atoms. The second-order valence-electron chi connectivity index (χ2n) is 6.02. The molecule has 0 N–H and O–H groups in total. The number of nitrogens with zero attached hydrogens (tertiary/aromatic N) is 4. The average Bonchev–Trinajstić information content (AvgIpc) is 2.69. The second-order valence-corrected chi connectivity index (χ2v) is 6.02. The summed E-state index contributed by atoms with van der Waals surface area (Å²) in [4.78, 5) is 4.64. The highest BCUT2D eigenvalue weighted by atomic mass is 15.2. The van der Waals surface area contributed by atoms with Crippen molar-refractivity contribution in [3.05, 3.63) is 59.7 Å². The molecule has 4 nitrogen and oxygen atoms in total. The van der Waals surface area contributed by atoms with Gasteiger partial charge in [-0.3, -0.25) is 0 Å². The smallest absolute Gasteiger partial charge is 0.0568 e. The summed E-state index contributed by atoms with van der Waals surface area (Å²) in [7, 11) is 0. The highest BCUT2D eigenvalue weighted by Gasteiger charge is 2.01. The SMILES string of the molecule is CCN(CC)c1ccc(C=N/N=C/c2ccc(N(CC)CC)cc2)cc1. The van der Waals surface area contributed by atoms with Crippen LogP contribution in [0.2, 0.25) is 0 Å². The van der Waals surface area contributed by atoms with Gasteiger partial charge in [0.25, 0.3) is 0 Å². The molecule has 0 unspecified atom stereocenters. The fraction of sp³-hybridized carbons (Fsp3) is 0.364. The van der Waals surface area contributed by atoms with Crippen molar-refractivity contribution in [3.8, 4) is 0 Å². The standard InChI is InChI=1S/C22H30N4/c1-5-25(6-2)21-13-9-19(10-14-21)17-23-24-18-20-11-15-22(16-12-20)26(7-3)8-4/h9-18H,5-8H2,1-4H3/b23-17+,24-18?. The summed E-state index contributed by atoms with van der Waals surface area (Å²) in [6.07, 6.45) is 3.57. The molecule has 0 bridgehead atoms. The molecule has 2 aromatic rings. The van der Waals surface area contributed by atoms with E-state index in [0.29, 0.717) is 0 Å². The molecule has 0 heterocycles. The van der Waals surface area contributed by atoms with Crippen LogP contribution in [0.4, 0.5) is 11.4 Å². The van der Waals surface area contributed by atoms with Gasteiger partial charge in [0, 0.05) is 37.6 Å². The summed E-state index contributed by atoms with van der Waals surface area (Å²) in [5.74, 6) is 0. The summed E-state index contributed by atoms with van der Waals surface area (Å²) < 4.78 is 0. The van der Waals surface area contributed by atoms with E-state index in [-0.39, 0.29) is 0 Å². The van der Waals surface area contributed by atoms with Crippen LogP contribution in [-0.2, 0) is 0 Å². The molecular weight excluding hydrogens is 320 g/mol. The van der Waals surface area contributed by atoms with Gasteiger partial charge in [-0.05, 0) is 63.1 Å². The zero-order valence-electron chi connectivity index (χ0n) is 16.4. The van der Waals surface area contributed by atoms with Crippen molar-refractivity contribution in [2.75, 3.05) is 36.0 Å². The fourth-order valence-electron chi connectivity index (χ4n) is 2.92. The van der Waals surface area contributed by atoms with Gasteiger partial charge in [-0.25, -0.2) is 0 Å². The molecule has 0 atom stereocenters. The Hall–Kier alpha value is -2.62. The topological polar surface area (TPSA) is 31.2 Å². The Balaban J connectivity index is 1.95. The lowest BCUT2D eigenvalue weighted by Crippen LogP contribution is -2.21. The van der Waals surface area contributed by atoms with Gasteiger partial charge in [0.2, 0.25) is 0 Å². The maximum absolute atomic E-state index is 4.16. The van der Waals surface area contributed by atoms with E-state index in [1.54, 1.807) is 12.4 Å². The van der Waals surface area contributed by atoms with Crippen molar-refractivity contribution >= 4 is 23.8 Å². The van der Waals surface area contributed by atoms with Crippen molar-refractivity contribution in [1.29, 1.82) is 0 Å². The average molecular weight is 351 g/mol. The number of rotatable bonds is 9. The normalized spacial score (nSPS) is 11.4. The van der Waals surface area contributed by atoms with Crippen molar-refractivity contribution in [2.45, 2.75) is 27.7 Å². The summed E-state index contributed by atoms with van der Waals surface area (Å²) in [5, 5.41) is 8.32. The van der Waals surface area contributed by atoms with Crippen LogP contribution in [0.1, 0.15) is 38.8 Å². The predicted molar refractivity (Wildman–Crippen MR) is 115 cm³/mol. The maximum atomic E-state index is 4.16. The van der Waals surface area contributed by atoms with Gasteiger partial charge in [-0.1, -0.05) is 24.3 Å². The van der Waals surface area contributed by atoms with E-state index in [0.717, 1.165) is 37.3 Å². The first-order valence-electron chi connectivity index (χ1n) is 9.48. The summed E-state index contributed by atoms with van der Waals surface area (Å²) in [5.41, 5.74) is 4.58. The van der Waals surface area contributed by atoms with Crippen molar-refractivity contribution in [2.24, 2.45) is 10.2 Å². The Bertz CT molecular complexity index is 630. The molecule has 0 saturated heterocycles. The molecular formula is C22H30N4. The molecule has 138 valence electrons. The van der Waals surface area contributed by atoms with Gasteiger partial charge in [0.05, 0.1) is 12.4 Å². The van der Waals surface area contributed by atoms with Crippen LogP contribution < -0.4 is 9.80 Å². The lowest BCUT2D eigenvalue weighted by atomic mass is 10.2. The van der Waals surface area contributed by atoms with E-state index in [1.807, 2.05) is 0 Å². The number of hydrogen-bond acceptors (Lipinski definition) is 4. The molecule has 0 aliphatic carbocycles. The molecule has 4 heteroatoms. The predicted octanol–water partition coefficient (Wildman–Crippen LogP) is 4.83.